The fraction of sp³-hybridized carbons (Fsp3) is 0.120. The van der Waals surface area contributed by atoms with Crippen molar-refractivity contribution >= 4 is 9.84 Å². The van der Waals surface area contributed by atoms with Crippen LogP contribution in [0.3, 0.4) is 0 Å². The zero-order valence-corrected chi connectivity index (χ0v) is 16.6. The summed E-state index contributed by atoms with van der Waals surface area (Å²) in [6.07, 6.45) is 7.01. The van der Waals surface area contributed by atoms with Gasteiger partial charge < -0.3 is 5.11 Å². The standard InChI is InChI=1S/C25H22O3S/c26-25(20-12-4-1-5-13-20,21-14-6-2-7-15-21)23-18-10-11-19-24(23)29(27,28)22-16-8-3-9-17-22/h1-19,23-24,26H. The lowest BCUT2D eigenvalue weighted by molar-refractivity contribution is 0.0380. The van der Waals surface area contributed by atoms with Crippen molar-refractivity contribution in [2.24, 2.45) is 5.92 Å². The van der Waals surface area contributed by atoms with Gasteiger partial charge in [0.05, 0.1) is 10.1 Å². The van der Waals surface area contributed by atoms with Crippen LogP contribution in [0, 0.1) is 5.92 Å². The molecule has 0 saturated carbocycles. The minimum Gasteiger partial charge on any atom is -0.380 e. The highest BCUT2D eigenvalue weighted by molar-refractivity contribution is 7.92. The second-order valence-corrected chi connectivity index (χ2v) is 9.22. The predicted octanol–water partition coefficient (Wildman–Crippen LogP) is 4.51. The van der Waals surface area contributed by atoms with Crippen LogP contribution in [0.1, 0.15) is 11.1 Å². The van der Waals surface area contributed by atoms with Crippen molar-refractivity contribution in [1.82, 2.24) is 0 Å². The molecule has 4 rings (SSSR count). The summed E-state index contributed by atoms with van der Waals surface area (Å²) in [6.45, 7) is 0. The van der Waals surface area contributed by atoms with Crippen molar-refractivity contribution in [2.45, 2.75) is 15.7 Å². The first-order chi connectivity index (χ1) is 14.0. The van der Waals surface area contributed by atoms with E-state index >= 15 is 0 Å². The molecule has 0 heterocycles. The summed E-state index contributed by atoms with van der Waals surface area (Å²) in [6, 6.07) is 26.9. The second-order valence-electron chi connectivity index (χ2n) is 7.12. The maximum atomic E-state index is 13.5. The minimum absolute atomic E-state index is 0.249. The van der Waals surface area contributed by atoms with Gasteiger partial charge in [0.1, 0.15) is 5.60 Å². The topological polar surface area (TPSA) is 54.4 Å². The molecule has 0 spiro atoms. The maximum Gasteiger partial charge on any atom is 0.185 e. The highest BCUT2D eigenvalue weighted by Gasteiger charge is 2.47. The van der Waals surface area contributed by atoms with E-state index in [1.54, 1.807) is 54.6 Å². The summed E-state index contributed by atoms with van der Waals surface area (Å²) in [5.74, 6) is -0.692. The van der Waals surface area contributed by atoms with E-state index in [2.05, 4.69) is 0 Å². The van der Waals surface area contributed by atoms with E-state index in [9.17, 15) is 13.5 Å². The lowest BCUT2D eigenvalue weighted by atomic mass is 9.73. The SMILES string of the molecule is O=S(=O)(c1ccccc1)C1C=CC=CC1C(O)(c1ccccc1)c1ccccc1. The molecule has 0 saturated heterocycles. The summed E-state index contributed by atoms with van der Waals surface area (Å²) < 4.78 is 27.0. The van der Waals surface area contributed by atoms with E-state index in [0.29, 0.717) is 11.1 Å². The van der Waals surface area contributed by atoms with Gasteiger partial charge in [-0.15, -0.1) is 0 Å². The molecule has 2 unspecified atom stereocenters. The molecular weight excluding hydrogens is 380 g/mol. The highest BCUT2D eigenvalue weighted by atomic mass is 32.2. The third-order valence-electron chi connectivity index (χ3n) is 5.42. The molecule has 0 fully saturated rings. The van der Waals surface area contributed by atoms with Gasteiger partial charge in [-0.1, -0.05) is 103 Å². The molecule has 4 heteroatoms. The van der Waals surface area contributed by atoms with Crippen LogP contribution in [0.2, 0.25) is 0 Å². The van der Waals surface area contributed by atoms with E-state index in [4.69, 9.17) is 0 Å². The van der Waals surface area contributed by atoms with Gasteiger partial charge >= 0.3 is 0 Å². The number of sulfone groups is 1. The Morgan fingerprint density at radius 1 is 0.655 bits per heavy atom. The summed E-state index contributed by atoms with van der Waals surface area (Å²) in [7, 11) is -3.71. The molecule has 146 valence electrons. The van der Waals surface area contributed by atoms with Crippen LogP contribution in [-0.4, -0.2) is 18.8 Å². The lowest BCUT2D eigenvalue weighted by Crippen LogP contribution is -2.45. The van der Waals surface area contributed by atoms with Gasteiger partial charge in [0.25, 0.3) is 0 Å². The number of hydrogen-bond acceptors (Lipinski definition) is 3. The largest absolute Gasteiger partial charge is 0.380 e. The number of allylic oxidation sites excluding steroid dienone is 2. The quantitative estimate of drug-likeness (QED) is 0.683. The average Bonchev–Trinajstić information content (AvgIpc) is 2.80. The van der Waals surface area contributed by atoms with Gasteiger partial charge in [-0.05, 0) is 23.3 Å². The van der Waals surface area contributed by atoms with Crippen molar-refractivity contribution in [1.29, 1.82) is 0 Å². The van der Waals surface area contributed by atoms with Crippen LogP contribution in [0.5, 0.6) is 0 Å². The van der Waals surface area contributed by atoms with Gasteiger partial charge in [0.15, 0.2) is 9.84 Å². The van der Waals surface area contributed by atoms with E-state index in [1.807, 2.05) is 60.7 Å². The zero-order chi connectivity index (χ0) is 20.3. The molecule has 1 aliphatic rings. The lowest BCUT2D eigenvalue weighted by Gasteiger charge is -2.40. The summed E-state index contributed by atoms with van der Waals surface area (Å²) in [5.41, 5.74) is -0.190. The fourth-order valence-electron chi connectivity index (χ4n) is 3.96. The molecule has 0 amide bonds. The highest BCUT2D eigenvalue weighted by Crippen LogP contribution is 2.43. The molecule has 1 aliphatic carbocycles. The normalized spacial score (nSPS) is 19.2. The number of benzene rings is 3. The van der Waals surface area contributed by atoms with Crippen LogP contribution in [0.25, 0.3) is 0 Å². The summed E-state index contributed by atoms with van der Waals surface area (Å²) in [5, 5.41) is 11.2. The first-order valence-corrected chi connectivity index (χ1v) is 11.1. The van der Waals surface area contributed by atoms with Crippen LogP contribution >= 0.6 is 0 Å². The third-order valence-corrected chi connectivity index (χ3v) is 7.52. The third kappa shape index (κ3) is 3.46. The van der Waals surface area contributed by atoms with Crippen LogP contribution in [0.15, 0.2) is 120 Å². The molecular formula is C25H22O3S. The molecule has 3 aromatic carbocycles. The molecule has 3 aromatic rings. The van der Waals surface area contributed by atoms with Gasteiger partial charge in [-0.3, -0.25) is 0 Å². The fourth-order valence-corrected chi connectivity index (χ4v) is 5.79. The Balaban J connectivity index is 1.90. The van der Waals surface area contributed by atoms with Crippen LogP contribution in [0.4, 0.5) is 0 Å². The smallest absolute Gasteiger partial charge is 0.185 e. The Hall–Kier alpha value is -2.95. The monoisotopic (exact) mass is 402 g/mol. The van der Waals surface area contributed by atoms with E-state index in [-0.39, 0.29) is 4.90 Å². The maximum absolute atomic E-state index is 13.5. The van der Waals surface area contributed by atoms with E-state index in [0.717, 1.165) is 0 Å². The average molecular weight is 403 g/mol. The van der Waals surface area contributed by atoms with Crippen molar-refractivity contribution < 1.29 is 13.5 Å². The van der Waals surface area contributed by atoms with E-state index in [1.165, 1.54) is 0 Å². The minimum atomic E-state index is -3.71. The number of aliphatic hydroxyl groups is 1. The van der Waals surface area contributed by atoms with Gasteiger partial charge in [0, 0.05) is 5.92 Å². The predicted molar refractivity (Wildman–Crippen MR) is 115 cm³/mol. The Labute approximate surface area is 171 Å². The number of hydrogen-bond donors (Lipinski definition) is 1. The summed E-state index contributed by atoms with van der Waals surface area (Å²) in [4.78, 5) is 0.249. The second kappa shape index (κ2) is 7.82. The molecule has 0 radical (unpaired) electrons. The molecule has 0 bridgehead atoms. The first-order valence-electron chi connectivity index (χ1n) is 9.52. The Kier molecular flexibility index (Phi) is 5.22. The van der Waals surface area contributed by atoms with Crippen molar-refractivity contribution in [3.8, 4) is 0 Å². The van der Waals surface area contributed by atoms with Crippen LogP contribution < -0.4 is 0 Å². The molecule has 0 aromatic heterocycles. The number of rotatable bonds is 5. The first kappa shape index (κ1) is 19.4. The Morgan fingerprint density at radius 2 is 1.10 bits per heavy atom. The molecule has 3 nitrogen and oxygen atoms in total. The van der Waals surface area contributed by atoms with Crippen molar-refractivity contribution in [3.05, 3.63) is 126 Å². The Bertz CT molecular complexity index is 1080. The van der Waals surface area contributed by atoms with Gasteiger partial charge in [-0.25, -0.2) is 8.42 Å². The molecule has 0 aliphatic heterocycles. The van der Waals surface area contributed by atoms with Crippen molar-refractivity contribution in [3.63, 3.8) is 0 Å². The van der Waals surface area contributed by atoms with E-state index < -0.39 is 26.6 Å². The van der Waals surface area contributed by atoms with Crippen LogP contribution in [-0.2, 0) is 15.4 Å². The molecule has 2 atom stereocenters. The van der Waals surface area contributed by atoms with Crippen molar-refractivity contribution in [2.75, 3.05) is 0 Å². The molecule has 1 N–H and O–H groups in total. The summed E-state index contributed by atoms with van der Waals surface area (Å²) >= 11 is 0. The molecule has 29 heavy (non-hydrogen) atoms. The van der Waals surface area contributed by atoms with Gasteiger partial charge in [-0.2, -0.15) is 0 Å². The Morgan fingerprint density at radius 3 is 1.62 bits per heavy atom. The zero-order valence-electron chi connectivity index (χ0n) is 15.8. The van der Waals surface area contributed by atoms with Gasteiger partial charge in [0.2, 0.25) is 0 Å².